The lowest BCUT2D eigenvalue weighted by Crippen LogP contribution is -1.97. The molecule has 0 bridgehead atoms. The molecule has 0 aliphatic carbocycles. The van der Waals surface area contributed by atoms with Crippen molar-refractivity contribution in [1.82, 2.24) is 4.98 Å². The monoisotopic (exact) mass is 326 g/mol. The number of carbonyl (C=O) groups is 1. The molecule has 0 saturated heterocycles. The summed E-state index contributed by atoms with van der Waals surface area (Å²) in [6.07, 6.45) is 0. The van der Waals surface area contributed by atoms with Crippen molar-refractivity contribution in [2.45, 2.75) is 0 Å². The molecule has 0 atom stereocenters. The quantitative estimate of drug-likeness (QED) is 0.384. The zero-order valence-corrected chi connectivity index (χ0v) is 12.0. The smallest absolute Gasteiger partial charge is 0.299 e. The molecule has 9 nitrogen and oxygen atoms in total. The third kappa shape index (κ3) is 2.65. The van der Waals surface area contributed by atoms with Crippen LogP contribution in [0.1, 0.15) is 10.4 Å². The molecule has 2 aromatic carbocycles. The SMILES string of the molecule is O=C(N=Nc1c(O)[nH]c2ccccc12)c1cc([N+](=O)[O-])ccc1O. The first-order valence-electron chi connectivity index (χ1n) is 6.70. The standard InChI is InChI=1S/C15H10N4O5/c20-12-6-5-8(19(23)24)7-10(12)14(21)18-17-13-9-3-1-2-4-11(9)16-15(13)22/h1-7,16,20,22H. The van der Waals surface area contributed by atoms with E-state index in [4.69, 9.17) is 0 Å². The zero-order valence-electron chi connectivity index (χ0n) is 12.0. The lowest BCUT2D eigenvalue weighted by Gasteiger charge is -1.99. The molecule has 1 amide bonds. The summed E-state index contributed by atoms with van der Waals surface area (Å²) in [7, 11) is 0. The number of fused-ring (bicyclic) bond motifs is 1. The van der Waals surface area contributed by atoms with E-state index in [0.717, 1.165) is 18.2 Å². The van der Waals surface area contributed by atoms with Crippen LogP contribution in [0.2, 0.25) is 0 Å². The molecule has 9 heteroatoms. The second kappa shape index (κ2) is 5.80. The number of rotatable bonds is 3. The van der Waals surface area contributed by atoms with E-state index < -0.39 is 16.6 Å². The lowest BCUT2D eigenvalue weighted by atomic mass is 10.1. The Morgan fingerprint density at radius 2 is 1.92 bits per heavy atom. The molecule has 120 valence electrons. The highest BCUT2D eigenvalue weighted by Crippen LogP contribution is 2.35. The summed E-state index contributed by atoms with van der Waals surface area (Å²) in [5.74, 6) is -1.69. The van der Waals surface area contributed by atoms with Crippen LogP contribution >= 0.6 is 0 Å². The Morgan fingerprint density at radius 3 is 2.67 bits per heavy atom. The van der Waals surface area contributed by atoms with Crippen LogP contribution in [0.3, 0.4) is 0 Å². The van der Waals surface area contributed by atoms with E-state index in [0.29, 0.717) is 10.9 Å². The number of azo groups is 1. The number of phenols is 1. The average Bonchev–Trinajstić information content (AvgIpc) is 2.88. The average molecular weight is 326 g/mol. The van der Waals surface area contributed by atoms with Crippen molar-refractivity contribution >= 4 is 28.2 Å². The number of nitro groups is 1. The maximum absolute atomic E-state index is 12.0. The third-order valence-electron chi connectivity index (χ3n) is 3.32. The fourth-order valence-corrected chi connectivity index (χ4v) is 2.17. The summed E-state index contributed by atoms with van der Waals surface area (Å²) in [5, 5.41) is 37.9. The van der Waals surface area contributed by atoms with Crippen molar-refractivity contribution in [2.24, 2.45) is 10.2 Å². The van der Waals surface area contributed by atoms with Crippen molar-refractivity contribution < 1.29 is 19.9 Å². The molecule has 0 fully saturated rings. The number of nitrogens with zero attached hydrogens (tertiary/aromatic N) is 3. The number of nitro benzene ring substituents is 1. The topological polar surface area (TPSA) is 141 Å². The van der Waals surface area contributed by atoms with Gasteiger partial charge in [0.05, 0.1) is 16.0 Å². The summed E-state index contributed by atoms with van der Waals surface area (Å²) in [5.41, 5.74) is -0.0490. The van der Waals surface area contributed by atoms with E-state index in [1.807, 2.05) is 0 Å². The fraction of sp³-hybridized carbons (Fsp3) is 0. The molecule has 3 aromatic rings. The summed E-state index contributed by atoms with van der Waals surface area (Å²) < 4.78 is 0. The van der Waals surface area contributed by atoms with Crippen LogP contribution in [0.25, 0.3) is 10.9 Å². The van der Waals surface area contributed by atoms with Gasteiger partial charge in [-0.1, -0.05) is 18.2 Å². The Hall–Kier alpha value is -3.75. The van der Waals surface area contributed by atoms with Crippen molar-refractivity contribution in [1.29, 1.82) is 0 Å². The van der Waals surface area contributed by atoms with Crippen LogP contribution in [0, 0.1) is 10.1 Å². The van der Waals surface area contributed by atoms with Gasteiger partial charge in [-0.3, -0.25) is 14.9 Å². The van der Waals surface area contributed by atoms with Gasteiger partial charge in [-0.2, -0.15) is 0 Å². The Morgan fingerprint density at radius 1 is 1.17 bits per heavy atom. The number of para-hydroxylation sites is 1. The molecule has 1 heterocycles. The highest BCUT2D eigenvalue weighted by molar-refractivity contribution is 5.99. The number of aromatic nitrogens is 1. The number of amides is 1. The first-order chi connectivity index (χ1) is 11.5. The number of H-pyrrole nitrogens is 1. The molecule has 3 N–H and O–H groups in total. The first-order valence-corrected chi connectivity index (χ1v) is 6.70. The van der Waals surface area contributed by atoms with Gasteiger partial charge in [-0.05, 0) is 12.1 Å². The van der Waals surface area contributed by atoms with Gasteiger partial charge < -0.3 is 15.2 Å². The van der Waals surface area contributed by atoms with Crippen molar-refractivity contribution in [3.05, 3.63) is 58.1 Å². The van der Waals surface area contributed by atoms with E-state index in [9.17, 15) is 25.1 Å². The van der Waals surface area contributed by atoms with E-state index in [2.05, 4.69) is 15.2 Å². The Labute approximate surface area is 134 Å². The summed E-state index contributed by atoms with van der Waals surface area (Å²) in [4.78, 5) is 24.8. The molecule has 0 aliphatic rings. The van der Waals surface area contributed by atoms with Crippen molar-refractivity contribution in [2.75, 3.05) is 0 Å². The molecule has 24 heavy (non-hydrogen) atoms. The fourth-order valence-electron chi connectivity index (χ4n) is 2.17. The first kappa shape index (κ1) is 15.2. The van der Waals surface area contributed by atoms with Gasteiger partial charge in [0.25, 0.3) is 11.6 Å². The van der Waals surface area contributed by atoms with Crippen LogP contribution in [0.5, 0.6) is 11.6 Å². The van der Waals surface area contributed by atoms with E-state index in [1.54, 1.807) is 24.3 Å². The van der Waals surface area contributed by atoms with Crippen LogP contribution in [-0.2, 0) is 0 Å². The van der Waals surface area contributed by atoms with Gasteiger partial charge >= 0.3 is 0 Å². The predicted molar refractivity (Wildman–Crippen MR) is 83.6 cm³/mol. The second-order valence-electron chi connectivity index (χ2n) is 4.83. The molecule has 0 aliphatic heterocycles. The van der Waals surface area contributed by atoms with E-state index in [-0.39, 0.29) is 22.8 Å². The summed E-state index contributed by atoms with van der Waals surface area (Å²) >= 11 is 0. The number of nitrogens with one attached hydrogen (secondary N) is 1. The van der Waals surface area contributed by atoms with E-state index >= 15 is 0 Å². The third-order valence-corrected chi connectivity index (χ3v) is 3.32. The van der Waals surface area contributed by atoms with Gasteiger partial charge in [0.1, 0.15) is 5.75 Å². The summed E-state index contributed by atoms with van der Waals surface area (Å²) in [6.45, 7) is 0. The minimum absolute atomic E-state index is 0.0591. The molecule has 0 spiro atoms. The second-order valence-corrected chi connectivity index (χ2v) is 4.83. The maximum atomic E-state index is 12.0. The number of aromatic hydroxyl groups is 2. The van der Waals surface area contributed by atoms with Crippen LogP contribution < -0.4 is 0 Å². The summed E-state index contributed by atoms with van der Waals surface area (Å²) in [6, 6.07) is 9.87. The van der Waals surface area contributed by atoms with Crippen LogP contribution in [-0.4, -0.2) is 26.0 Å². The number of aromatic amines is 1. The maximum Gasteiger partial charge on any atom is 0.299 e. The molecule has 0 unspecified atom stereocenters. The highest BCUT2D eigenvalue weighted by atomic mass is 16.6. The number of hydrogen-bond acceptors (Lipinski definition) is 6. The van der Waals surface area contributed by atoms with Gasteiger partial charge in [0.15, 0.2) is 5.69 Å². The van der Waals surface area contributed by atoms with Gasteiger partial charge in [-0.15, -0.1) is 10.2 Å². The number of phenolic OH excluding ortho intramolecular Hbond substituents is 1. The number of non-ortho nitro benzene ring substituents is 1. The molecule has 0 radical (unpaired) electrons. The number of carbonyl (C=O) groups excluding carboxylic acids is 1. The molecule has 0 saturated carbocycles. The van der Waals surface area contributed by atoms with Crippen molar-refractivity contribution in [3.8, 4) is 11.6 Å². The number of hydrogen-bond donors (Lipinski definition) is 3. The van der Waals surface area contributed by atoms with Crippen LogP contribution in [0.15, 0.2) is 52.7 Å². The van der Waals surface area contributed by atoms with Gasteiger partial charge in [0, 0.05) is 17.5 Å². The van der Waals surface area contributed by atoms with E-state index in [1.165, 1.54) is 0 Å². The number of benzene rings is 2. The predicted octanol–water partition coefficient (Wildman–Crippen LogP) is 3.41. The van der Waals surface area contributed by atoms with Crippen LogP contribution in [0.4, 0.5) is 11.4 Å². The minimum Gasteiger partial charge on any atom is -0.507 e. The Balaban J connectivity index is 1.97. The minimum atomic E-state index is -0.971. The molecule has 3 rings (SSSR count). The Bertz CT molecular complexity index is 993. The largest absolute Gasteiger partial charge is 0.507 e. The van der Waals surface area contributed by atoms with Gasteiger partial charge in [0.2, 0.25) is 5.88 Å². The normalized spacial score (nSPS) is 11.2. The van der Waals surface area contributed by atoms with Crippen molar-refractivity contribution in [3.63, 3.8) is 0 Å². The molecule has 1 aromatic heterocycles. The molecular formula is C15H10N4O5. The molecular weight excluding hydrogens is 316 g/mol. The lowest BCUT2D eigenvalue weighted by molar-refractivity contribution is -0.384. The zero-order chi connectivity index (χ0) is 17.3. The Kier molecular flexibility index (Phi) is 3.66. The highest BCUT2D eigenvalue weighted by Gasteiger charge is 2.17. The van der Waals surface area contributed by atoms with Gasteiger partial charge in [-0.25, -0.2) is 0 Å².